The summed E-state index contributed by atoms with van der Waals surface area (Å²) >= 11 is 0. The molecule has 3 atom stereocenters. The Morgan fingerprint density at radius 2 is 2.00 bits per heavy atom. The van der Waals surface area contributed by atoms with Gasteiger partial charge in [-0.15, -0.1) is 0 Å². The lowest BCUT2D eigenvalue weighted by molar-refractivity contribution is -0.121. The second-order valence-electron chi connectivity index (χ2n) is 10.3. The molecule has 0 radical (unpaired) electrons. The fourth-order valence-corrected chi connectivity index (χ4v) is 6.01. The Hall–Kier alpha value is -3.28. The molecular formula is C29H33FN4O. The molecule has 1 unspecified atom stereocenters. The maximum Gasteiger partial charge on any atom is 0.224 e. The van der Waals surface area contributed by atoms with Crippen LogP contribution in [0.5, 0.6) is 0 Å². The predicted molar refractivity (Wildman–Crippen MR) is 135 cm³/mol. The van der Waals surface area contributed by atoms with Gasteiger partial charge in [0.1, 0.15) is 5.82 Å². The zero-order valence-electron chi connectivity index (χ0n) is 20.5. The molecule has 0 spiro atoms. The van der Waals surface area contributed by atoms with Crippen LogP contribution in [0.4, 0.5) is 4.39 Å². The van der Waals surface area contributed by atoms with E-state index in [2.05, 4.69) is 35.3 Å². The maximum absolute atomic E-state index is 13.4. The van der Waals surface area contributed by atoms with Gasteiger partial charge in [-0.3, -0.25) is 9.78 Å². The molecule has 6 heteroatoms. The number of aromatic nitrogens is 3. The molecule has 182 valence electrons. The Labute approximate surface area is 206 Å². The van der Waals surface area contributed by atoms with Crippen LogP contribution in [0.3, 0.4) is 0 Å². The van der Waals surface area contributed by atoms with E-state index in [9.17, 15) is 9.18 Å². The van der Waals surface area contributed by atoms with E-state index in [4.69, 9.17) is 0 Å². The van der Waals surface area contributed by atoms with Gasteiger partial charge in [-0.25, -0.2) is 9.07 Å². The van der Waals surface area contributed by atoms with Crippen molar-refractivity contribution in [2.45, 2.75) is 64.8 Å². The van der Waals surface area contributed by atoms with Gasteiger partial charge in [0, 0.05) is 18.4 Å². The van der Waals surface area contributed by atoms with Crippen LogP contribution in [0, 0.1) is 17.2 Å². The fraction of sp³-hybridized carbons (Fsp3) is 0.414. The van der Waals surface area contributed by atoms with E-state index in [1.165, 1.54) is 23.3 Å². The van der Waals surface area contributed by atoms with E-state index in [0.717, 1.165) is 55.5 Å². The number of carbonyl (C=O) groups is 1. The monoisotopic (exact) mass is 472 g/mol. The zero-order valence-corrected chi connectivity index (χ0v) is 20.5. The smallest absolute Gasteiger partial charge is 0.224 e. The SMILES string of the molecule is CCCC(C[C@H]1CCC2=Cc3c(cnn3-c3ccc(F)cc3)C[C@@]21C)NC(=O)Cc1ccncc1. The summed E-state index contributed by atoms with van der Waals surface area (Å²) in [5.74, 6) is 0.350. The summed E-state index contributed by atoms with van der Waals surface area (Å²) in [6.45, 7) is 4.57. The molecule has 1 fully saturated rings. The molecule has 1 saturated carbocycles. The van der Waals surface area contributed by atoms with Crippen molar-refractivity contribution in [1.29, 1.82) is 0 Å². The minimum Gasteiger partial charge on any atom is -0.353 e. The van der Waals surface area contributed by atoms with Gasteiger partial charge in [-0.1, -0.05) is 25.8 Å². The fourth-order valence-electron chi connectivity index (χ4n) is 6.01. The van der Waals surface area contributed by atoms with Crippen molar-refractivity contribution >= 4 is 12.0 Å². The van der Waals surface area contributed by atoms with E-state index in [0.29, 0.717) is 12.3 Å². The molecule has 2 aliphatic rings. The zero-order chi connectivity index (χ0) is 24.4. The highest BCUT2D eigenvalue weighted by atomic mass is 19.1. The third-order valence-corrected chi connectivity index (χ3v) is 7.91. The minimum absolute atomic E-state index is 0.0749. The number of fused-ring (bicyclic) bond motifs is 2. The predicted octanol–water partition coefficient (Wildman–Crippen LogP) is 5.68. The molecule has 2 aromatic heterocycles. The first-order valence-electron chi connectivity index (χ1n) is 12.7. The van der Waals surface area contributed by atoms with Gasteiger partial charge in [0.25, 0.3) is 0 Å². The molecule has 1 N–H and O–H groups in total. The molecular weight excluding hydrogens is 439 g/mol. The molecule has 0 bridgehead atoms. The number of amides is 1. The normalized spacial score (nSPS) is 21.7. The van der Waals surface area contributed by atoms with E-state index >= 15 is 0 Å². The average Bonchev–Trinajstić information content (AvgIpc) is 3.38. The molecule has 1 amide bonds. The van der Waals surface area contributed by atoms with E-state index in [-0.39, 0.29) is 23.2 Å². The van der Waals surface area contributed by atoms with Crippen LogP contribution in [-0.2, 0) is 17.6 Å². The number of benzene rings is 1. The van der Waals surface area contributed by atoms with Crippen LogP contribution in [-0.4, -0.2) is 26.7 Å². The highest BCUT2D eigenvalue weighted by molar-refractivity contribution is 5.78. The number of nitrogens with one attached hydrogen (secondary N) is 1. The summed E-state index contributed by atoms with van der Waals surface area (Å²) in [4.78, 5) is 16.8. The molecule has 0 saturated heterocycles. The topological polar surface area (TPSA) is 59.8 Å². The summed E-state index contributed by atoms with van der Waals surface area (Å²) < 4.78 is 15.3. The Bertz CT molecular complexity index is 1220. The first-order chi connectivity index (χ1) is 17.0. The van der Waals surface area contributed by atoms with Gasteiger partial charge in [0.05, 0.1) is 24.0 Å². The molecule has 5 rings (SSSR count). The second-order valence-corrected chi connectivity index (χ2v) is 10.3. The lowest BCUT2D eigenvalue weighted by Gasteiger charge is -2.37. The third kappa shape index (κ3) is 4.79. The summed E-state index contributed by atoms with van der Waals surface area (Å²) in [5.41, 5.74) is 5.76. The number of hydrogen-bond donors (Lipinski definition) is 1. The van der Waals surface area contributed by atoms with Crippen molar-refractivity contribution in [2.24, 2.45) is 11.3 Å². The van der Waals surface area contributed by atoms with Crippen molar-refractivity contribution in [3.05, 3.63) is 83.2 Å². The standard InChI is InChI=1S/C29H33FN4O/c1-3-4-25(33-28(35)15-20-11-13-31-14-12-20)16-22-5-6-23-17-27-21(18-29(22,23)2)19-32-34(27)26-9-7-24(30)8-10-26/h7-14,17,19,22,25H,3-6,15-16,18H2,1-2H3,(H,33,35)/t22-,25?,29-/m1/s1. The maximum atomic E-state index is 13.4. The van der Waals surface area contributed by atoms with Crippen molar-refractivity contribution < 1.29 is 9.18 Å². The number of nitrogens with zero attached hydrogens (tertiary/aromatic N) is 3. The van der Waals surface area contributed by atoms with Gasteiger partial charge in [-0.05, 0) is 97.0 Å². The van der Waals surface area contributed by atoms with Crippen LogP contribution in [0.15, 0.2) is 60.6 Å². The molecule has 3 aromatic rings. The van der Waals surface area contributed by atoms with E-state index in [1.54, 1.807) is 24.5 Å². The number of pyridine rings is 1. The van der Waals surface area contributed by atoms with Gasteiger partial charge in [0.2, 0.25) is 5.91 Å². The van der Waals surface area contributed by atoms with Gasteiger partial charge >= 0.3 is 0 Å². The number of allylic oxidation sites excluding steroid dienone is 1. The molecule has 35 heavy (non-hydrogen) atoms. The third-order valence-electron chi connectivity index (χ3n) is 7.91. The Morgan fingerprint density at radius 3 is 2.74 bits per heavy atom. The lowest BCUT2D eigenvalue weighted by atomic mass is 9.68. The van der Waals surface area contributed by atoms with Crippen LogP contribution >= 0.6 is 0 Å². The van der Waals surface area contributed by atoms with Gasteiger partial charge < -0.3 is 5.32 Å². The number of carbonyl (C=O) groups excluding carboxylic acids is 1. The van der Waals surface area contributed by atoms with Gasteiger partial charge in [0.15, 0.2) is 0 Å². The largest absolute Gasteiger partial charge is 0.353 e. The second kappa shape index (κ2) is 9.76. The Balaban J connectivity index is 1.31. The van der Waals surface area contributed by atoms with Crippen molar-refractivity contribution in [1.82, 2.24) is 20.1 Å². The van der Waals surface area contributed by atoms with Gasteiger partial charge in [-0.2, -0.15) is 5.10 Å². The van der Waals surface area contributed by atoms with Crippen LogP contribution < -0.4 is 5.32 Å². The molecule has 1 aromatic carbocycles. The Kier molecular flexibility index (Phi) is 6.54. The van der Waals surface area contributed by atoms with Crippen LogP contribution in [0.2, 0.25) is 0 Å². The van der Waals surface area contributed by atoms with Crippen molar-refractivity contribution in [3.8, 4) is 5.69 Å². The summed E-state index contributed by atoms with van der Waals surface area (Å²) in [6.07, 6.45) is 14.3. The van der Waals surface area contributed by atoms with Crippen LogP contribution in [0.1, 0.15) is 62.8 Å². The van der Waals surface area contributed by atoms with E-state index < -0.39 is 0 Å². The first kappa shape index (κ1) is 23.5. The quantitative estimate of drug-likeness (QED) is 0.459. The van der Waals surface area contributed by atoms with Crippen LogP contribution in [0.25, 0.3) is 11.8 Å². The van der Waals surface area contributed by atoms with E-state index in [1.807, 2.05) is 23.0 Å². The highest BCUT2D eigenvalue weighted by Gasteiger charge is 2.46. The molecule has 2 aliphatic carbocycles. The minimum atomic E-state index is -0.242. The van der Waals surface area contributed by atoms with Crippen molar-refractivity contribution in [3.63, 3.8) is 0 Å². The number of rotatable bonds is 8. The molecule has 0 aliphatic heterocycles. The summed E-state index contributed by atoms with van der Waals surface area (Å²) in [5, 5.41) is 7.97. The molecule has 5 nitrogen and oxygen atoms in total. The summed E-state index contributed by atoms with van der Waals surface area (Å²) in [6, 6.07) is 10.5. The average molecular weight is 473 g/mol. The first-order valence-corrected chi connectivity index (χ1v) is 12.7. The highest BCUT2D eigenvalue weighted by Crippen LogP contribution is 2.54. The molecule has 2 heterocycles. The summed E-state index contributed by atoms with van der Waals surface area (Å²) in [7, 11) is 0. The van der Waals surface area contributed by atoms with Crippen molar-refractivity contribution in [2.75, 3.05) is 0 Å². The lowest BCUT2D eigenvalue weighted by Crippen LogP contribution is -2.40. The number of hydrogen-bond acceptors (Lipinski definition) is 3. The Morgan fingerprint density at radius 1 is 1.23 bits per heavy atom. The number of halogens is 1.